The fourth-order valence-corrected chi connectivity index (χ4v) is 4.44. The van der Waals surface area contributed by atoms with Gasteiger partial charge in [0.2, 0.25) is 0 Å². The van der Waals surface area contributed by atoms with E-state index in [9.17, 15) is 25.2 Å². The molecular formula is C24H36O5. The van der Waals surface area contributed by atoms with E-state index < -0.39 is 11.4 Å². The number of unbranched alkanes of at least 4 members (excludes halogenated alkanes) is 4. The van der Waals surface area contributed by atoms with Crippen LogP contribution < -0.4 is 0 Å². The van der Waals surface area contributed by atoms with Crippen molar-refractivity contribution in [2.45, 2.75) is 96.8 Å². The number of carbonyl (C=O) groups is 1. The van der Waals surface area contributed by atoms with Gasteiger partial charge >= 0.3 is 5.97 Å². The Kier molecular flexibility index (Phi) is 6.65. The second-order valence-corrected chi connectivity index (χ2v) is 9.74. The average Bonchev–Trinajstić information content (AvgIpc) is 3.58. The van der Waals surface area contributed by atoms with Gasteiger partial charge in [-0.05, 0) is 69.6 Å². The molecule has 0 unspecified atom stereocenters. The van der Waals surface area contributed by atoms with Gasteiger partial charge in [-0.1, -0.05) is 32.6 Å². The Hall–Kier alpha value is -1.91. The summed E-state index contributed by atoms with van der Waals surface area (Å²) in [4.78, 5) is 11.2. The molecule has 29 heavy (non-hydrogen) atoms. The van der Waals surface area contributed by atoms with Crippen molar-refractivity contribution < 1.29 is 25.2 Å². The van der Waals surface area contributed by atoms with Crippen LogP contribution >= 0.6 is 0 Å². The zero-order valence-corrected chi connectivity index (χ0v) is 17.7. The van der Waals surface area contributed by atoms with Gasteiger partial charge in [-0.15, -0.1) is 0 Å². The van der Waals surface area contributed by atoms with Crippen LogP contribution in [0.3, 0.4) is 0 Å². The first-order chi connectivity index (χ1) is 13.8. The highest BCUT2D eigenvalue weighted by molar-refractivity contribution is 5.77. The molecule has 2 fully saturated rings. The Bertz CT molecular complexity index is 731. The first-order valence-corrected chi connectivity index (χ1v) is 11.3. The van der Waals surface area contributed by atoms with E-state index >= 15 is 0 Å². The maximum absolute atomic E-state index is 11.2. The summed E-state index contributed by atoms with van der Waals surface area (Å²) in [5, 5.41) is 39.9. The molecule has 3 rings (SSSR count). The number of hydrogen-bond donors (Lipinski definition) is 4. The molecule has 2 aliphatic rings. The molecule has 0 bridgehead atoms. The summed E-state index contributed by atoms with van der Waals surface area (Å²) in [5.41, 5.74) is 1.50. The first-order valence-electron chi connectivity index (χ1n) is 11.3. The Morgan fingerprint density at radius 2 is 1.41 bits per heavy atom. The number of carboxylic acids is 1. The number of carboxylic acid groups (broad SMARTS) is 1. The van der Waals surface area contributed by atoms with E-state index in [2.05, 4.69) is 6.92 Å². The molecule has 0 saturated heterocycles. The molecule has 0 radical (unpaired) electrons. The Morgan fingerprint density at radius 1 is 0.828 bits per heavy atom. The molecule has 5 nitrogen and oxygen atoms in total. The van der Waals surface area contributed by atoms with E-state index in [-0.39, 0.29) is 17.2 Å². The lowest BCUT2D eigenvalue weighted by molar-refractivity contribution is -0.143. The quantitative estimate of drug-likeness (QED) is 0.193. The fourth-order valence-electron chi connectivity index (χ4n) is 4.44. The molecule has 2 saturated carbocycles. The molecule has 2 aliphatic carbocycles. The smallest absolute Gasteiger partial charge is 0.309 e. The van der Waals surface area contributed by atoms with Gasteiger partial charge < -0.3 is 20.4 Å². The number of aliphatic carboxylic acids is 1. The lowest BCUT2D eigenvalue weighted by atomic mass is 9.92. The predicted molar refractivity (Wildman–Crippen MR) is 112 cm³/mol. The number of aromatic hydroxyl groups is 3. The van der Waals surface area contributed by atoms with Crippen molar-refractivity contribution >= 4 is 5.97 Å². The summed E-state index contributed by atoms with van der Waals surface area (Å²) >= 11 is 0. The van der Waals surface area contributed by atoms with Crippen LogP contribution in [0.4, 0.5) is 0 Å². The third kappa shape index (κ3) is 5.58. The van der Waals surface area contributed by atoms with Crippen LogP contribution in [-0.4, -0.2) is 26.4 Å². The molecular weight excluding hydrogens is 368 g/mol. The number of rotatable bonds is 13. The van der Waals surface area contributed by atoms with Crippen LogP contribution in [0.15, 0.2) is 6.07 Å². The second kappa shape index (κ2) is 8.85. The van der Waals surface area contributed by atoms with Crippen LogP contribution in [0, 0.1) is 10.8 Å². The summed E-state index contributed by atoms with van der Waals surface area (Å²) in [6.07, 6.45) is 13.3. The lowest BCUT2D eigenvalue weighted by Gasteiger charge is -2.15. The topological polar surface area (TPSA) is 98.0 Å². The minimum Gasteiger partial charge on any atom is -0.508 e. The third-order valence-electron chi connectivity index (χ3n) is 7.18. The van der Waals surface area contributed by atoms with Crippen molar-refractivity contribution in [3.8, 4) is 17.2 Å². The molecule has 0 spiro atoms. The van der Waals surface area contributed by atoms with Crippen LogP contribution in [0.2, 0.25) is 0 Å². The number of benzene rings is 1. The maximum Gasteiger partial charge on any atom is 0.309 e. The molecule has 0 aliphatic heterocycles. The highest BCUT2D eigenvalue weighted by Gasteiger charge is 2.49. The van der Waals surface area contributed by atoms with Gasteiger partial charge in [0.15, 0.2) is 11.5 Å². The number of hydrogen-bond acceptors (Lipinski definition) is 4. The predicted octanol–water partition coefficient (Wildman–Crippen LogP) is 5.67. The molecule has 162 valence electrons. The van der Waals surface area contributed by atoms with Crippen LogP contribution in [0.5, 0.6) is 17.2 Å². The minimum atomic E-state index is -0.675. The van der Waals surface area contributed by atoms with E-state index in [0.29, 0.717) is 30.2 Å². The van der Waals surface area contributed by atoms with E-state index in [1.807, 2.05) is 0 Å². The molecule has 0 atom stereocenters. The first kappa shape index (κ1) is 21.8. The Balaban J connectivity index is 1.48. The molecule has 0 amide bonds. The molecule has 1 aromatic carbocycles. The maximum atomic E-state index is 11.2. The van der Waals surface area contributed by atoms with Crippen molar-refractivity contribution in [2.24, 2.45) is 10.8 Å². The highest BCUT2D eigenvalue weighted by Crippen LogP contribution is 2.50. The normalized spacial score (nSPS) is 18.5. The summed E-state index contributed by atoms with van der Waals surface area (Å²) in [7, 11) is 0. The van der Waals surface area contributed by atoms with Crippen molar-refractivity contribution in [3.63, 3.8) is 0 Å². The summed E-state index contributed by atoms with van der Waals surface area (Å²) in [6, 6.07) is 1.24. The van der Waals surface area contributed by atoms with Crippen LogP contribution in [-0.2, 0) is 17.6 Å². The molecule has 0 heterocycles. The average molecular weight is 405 g/mol. The van der Waals surface area contributed by atoms with Crippen molar-refractivity contribution in [1.82, 2.24) is 0 Å². The lowest BCUT2D eigenvalue weighted by Crippen LogP contribution is -2.14. The zero-order chi connectivity index (χ0) is 21.1. The molecule has 5 heteroatoms. The van der Waals surface area contributed by atoms with E-state index in [1.54, 1.807) is 0 Å². The van der Waals surface area contributed by atoms with Gasteiger partial charge in [0.25, 0.3) is 0 Å². The van der Waals surface area contributed by atoms with Gasteiger partial charge in [-0.2, -0.15) is 0 Å². The largest absolute Gasteiger partial charge is 0.508 e. The summed E-state index contributed by atoms with van der Waals surface area (Å²) in [5.74, 6) is -1.00. The monoisotopic (exact) mass is 404 g/mol. The van der Waals surface area contributed by atoms with Gasteiger partial charge in [0.05, 0.1) is 5.41 Å². The van der Waals surface area contributed by atoms with Crippen molar-refractivity contribution in [1.29, 1.82) is 0 Å². The summed E-state index contributed by atoms with van der Waals surface area (Å²) in [6.45, 7) is 2.34. The van der Waals surface area contributed by atoms with E-state index in [1.165, 1.54) is 31.7 Å². The molecule has 4 N–H and O–H groups in total. The van der Waals surface area contributed by atoms with E-state index in [4.69, 9.17) is 0 Å². The van der Waals surface area contributed by atoms with Gasteiger partial charge in [0, 0.05) is 17.2 Å². The van der Waals surface area contributed by atoms with Crippen molar-refractivity contribution in [3.05, 3.63) is 17.2 Å². The van der Waals surface area contributed by atoms with E-state index in [0.717, 1.165) is 50.5 Å². The molecule has 1 aromatic rings. The standard InChI is InChI=1S/C24H36O5/c1-23(12-13-23)10-6-2-4-8-17-18(21(27)20(26)16-19(17)25)9-5-3-7-11-24(14-15-24)22(28)29/h16,25-27H,2-15H2,1H3,(H,28,29). The SMILES string of the molecule is CC1(CCCCCc2c(O)cc(O)c(O)c2CCCCCC2(C(=O)O)CC2)CC1. The second-order valence-electron chi connectivity index (χ2n) is 9.74. The van der Waals surface area contributed by atoms with Gasteiger partial charge in [-0.3, -0.25) is 4.79 Å². The Morgan fingerprint density at radius 3 is 1.97 bits per heavy atom. The van der Waals surface area contributed by atoms with Gasteiger partial charge in [-0.25, -0.2) is 0 Å². The minimum absolute atomic E-state index is 0.0623. The van der Waals surface area contributed by atoms with Crippen molar-refractivity contribution in [2.75, 3.05) is 0 Å². The number of phenols is 3. The number of phenolic OH excluding ortho intramolecular Hbond substituents is 3. The summed E-state index contributed by atoms with van der Waals surface area (Å²) < 4.78 is 0. The third-order valence-corrected chi connectivity index (χ3v) is 7.18. The fraction of sp³-hybridized carbons (Fsp3) is 0.708. The van der Waals surface area contributed by atoms with Crippen LogP contribution in [0.1, 0.15) is 95.1 Å². The highest BCUT2D eigenvalue weighted by atomic mass is 16.4. The Labute approximate surface area is 173 Å². The molecule has 0 aromatic heterocycles. The van der Waals surface area contributed by atoms with Gasteiger partial charge in [0.1, 0.15) is 5.75 Å². The zero-order valence-electron chi connectivity index (χ0n) is 17.7. The van der Waals surface area contributed by atoms with Crippen LogP contribution in [0.25, 0.3) is 0 Å².